The first-order valence-electron chi connectivity index (χ1n) is 16.2. The van der Waals surface area contributed by atoms with E-state index in [0.29, 0.717) is 55.5 Å². The van der Waals surface area contributed by atoms with Crippen LogP contribution in [0.15, 0.2) is 121 Å². The van der Waals surface area contributed by atoms with Crippen molar-refractivity contribution in [3.63, 3.8) is 0 Å². The molecule has 6 aromatic rings. The van der Waals surface area contributed by atoms with Crippen molar-refractivity contribution in [3.05, 3.63) is 149 Å². The van der Waals surface area contributed by atoms with Crippen molar-refractivity contribution < 1.29 is 14.0 Å². The Morgan fingerprint density at radius 3 is 2.16 bits per heavy atom. The van der Waals surface area contributed by atoms with E-state index in [-0.39, 0.29) is 11.7 Å². The fourth-order valence-corrected chi connectivity index (χ4v) is 6.24. The summed E-state index contributed by atoms with van der Waals surface area (Å²) in [6, 6.07) is 37.1. The molecule has 1 saturated heterocycles. The second-order valence-electron chi connectivity index (χ2n) is 12.2. The minimum absolute atomic E-state index is 0.0592. The van der Waals surface area contributed by atoms with Gasteiger partial charge in [0.05, 0.1) is 16.9 Å². The summed E-state index contributed by atoms with van der Waals surface area (Å²) in [5, 5.41) is 0.917. The molecule has 0 atom stereocenters. The number of amides is 2. The van der Waals surface area contributed by atoms with Gasteiger partial charge >= 0.3 is 0 Å². The van der Waals surface area contributed by atoms with Gasteiger partial charge in [-0.25, -0.2) is 14.4 Å². The fraction of sp³-hybridized carbons (Fsp3) is 0.150. The molecule has 2 heterocycles. The van der Waals surface area contributed by atoms with Crippen LogP contribution in [-0.2, 0) is 6.54 Å². The van der Waals surface area contributed by atoms with Gasteiger partial charge in [0.2, 0.25) is 11.9 Å². The van der Waals surface area contributed by atoms with Gasteiger partial charge < -0.3 is 10.6 Å². The van der Waals surface area contributed by atoms with Gasteiger partial charge in [0, 0.05) is 60.5 Å². The number of carbonyl (C=O) groups is 2. The number of benzene rings is 5. The summed E-state index contributed by atoms with van der Waals surface area (Å²) < 4.78 is 13.4. The van der Waals surface area contributed by atoms with Crippen molar-refractivity contribution in [1.82, 2.24) is 19.8 Å². The van der Waals surface area contributed by atoms with Gasteiger partial charge in [0.1, 0.15) is 5.82 Å². The van der Waals surface area contributed by atoms with Crippen molar-refractivity contribution in [2.75, 3.05) is 31.1 Å². The summed E-state index contributed by atoms with van der Waals surface area (Å²) >= 11 is 0. The lowest BCUT2D eigenvalue weighted by molar-refractivity contribution is 0.0628. The zero-order valence-corrected chi connectivity index (χ0v) is 27.1. The van der Waals surface area contributed by atoms with Crippen LogP contribution in [0.5, 0.6) is 0 Å². The molecule has 1 fully saturated rings. The largest absolute Gasteiger partial charge is 0.366 e. The van der Waals surface area contributed by atoms with E-state index in [1.165, 1.54) is 12.1 Å². The first-order valence-corrected chi connectivity index (χ1v) is 16.2. The van der Waals surface area contributed by atoms with Crippen LogP contribution in [0, 0.1) is 12.7 Å². The zero-order chi connectivity index (χ0) is 33.9. The Labute approximate surface area is 284 Å². The molecule has 1 aliphatic rings. The molecule has 8 nitrogen and oxygen atoms in total. The highest BCUT2D eigenvalue weighted by atomic mass is 19.1. The maximum Gasteiger partial charge on any atom is 0.254 e. The number of anilines is 3. The van der Waals surface area contributed by atoms with Gasteiger partial charge in [-0.15, -0.1) is 0 Å². The first kappa shape index (κ1) is 31.7. The normalized spacial score (nSPS) is 13.4. The van der Waals surface area contributed by atoms with E-state index in [9.17, 15) is 14.0 Å². The number of carbonyl (C=O) groups excluding carboxylic acids is 2. The van der Waals surface area contributed by atoms with Crippen LogP contribution < -0.4 is 10.6 Å². The van der Waals surface area contributed by atoms with E-state index < -0.39 is 5.91 Å². The average molecular weight is 651 g/mol. The van der Waals surface area contributed by atoms with Crippen molar-refractivity contribution >= 4 is 40.0 Å². The number of hydrogen-bond acceptors (Lipinski definition) is 6. The third-order valence-electron chi connectivity index (χ3n) is 8.92. The molecule has 2 N–H and O–H groups in total. The van der Waals surface area contributed by atoms with E-state index in [0.717, 1.165) is 39.0 Å². The molecular weight excluding hydrogens is 615 g/mol. The lowest BCUT2D eigenvalue weighted by atomic mass is 10.1. The van der Waals surface area contributed by atoms with Crippen molar-refractivity contribution in [2.45, 2.75) is 13.5 Å². The molecule has 0 radical (unpaired) electrons. The number of hydrogen-bond donors (Lipinski definition) is 1. The predicted octanol–water partition coefficient (Wildman–Crippen LogP) is 7.27. The summed E-state index contributed by atoms with van der Waals surface area (Å²) in [7, 11) is 0. The third-order valence-corrected chi connectivity index (χ3v) is 8.92. The van der Waals surface area contributed by atoms with Gasteiger partial charge in [0.15, 0.2) is 0 Å². The Balaban J connectivity index is 1.25. The number of fused-ring (bicyclic) bond motifs is 1. The monoisotopic (exact) mass is 650 g/mol. The molecule has 2 amide bonds. The Bertz CT molecular complexity index is 2130. The molecule has 1 aliphatic heterocycles. The van der Waals surface area contributed by atoms with Gasteiger partial charge in [-0.05, 0) is 72.6 Å². The van der Waals surface area contributed by atoms with Crippen molar-refractivity contribution in [1.29, 1.82) is 0 Å². The molecule has 244 valence electrons. The molecule has 0 unspecified atom stereocenters. The van der Waals surface area contributed by atoms with Gasteiger partial charge in [-0.2, -0.15) is 0 Å². The Morgan fingerprint density at radius 1 is 0.776 bits per heavy atom. The number of piperazine rings is 1. The van der Waals surface area contributed by atoms with Crippen LogP contribution in [0.2, 0.25) is 0 Å². The van der Waals surface area contributed by atoms with E-state index in [2.05, 4.69) is 4.90 Å². The minimum atomic E-state index is -0.520. The smallest absolute Gasteiger partial charge is 0.254 e. The molecule has 7 rings (SSSR count). The van der Waals surface area contributed by atoms with E-state index >= 15 is 0 Å². The summed E-state index contributed by atoms with van der Waals surface area (Å²) in [6.07, 6.45) is 0. The van der Waals surface area contributed by atoms with Gasteiger partial charge in [0.25, 0.3) is 5.91 Å². The molecule has 1 aromatic heterocycles. The second kappa shape index (κ2) is 13.7. The van der Waals surface area contributed by atoms with Crippen molar-refractivity contribution in [2.24, 2.45) is 5.73 Å². The summed E-state index contributed by atoms with van der Waals surface area (Å²) in [4.78, 5) is 42.1. The standard InChI is InChI=1S/C40H35FN6O2/c1-27-11-14-31(39(49)46-23-21-45(22-24-46)26-28-12-17-32(41)18-13-28)25-36(27)47(33-19-15-30(16-20-33)38(42)48)40-43-35-10-6-5-9-34(35)37(44-40)29-7-3-2-4-8-29/h2-20,25H,21-24,26H2,1H3,(H2,42,48). The number of aryl methyl sites for hydroxylation is 1. The maximum absolute atomic E-state index is 14.0. The first-order chi connectivity index (χ1) is 23.8. The molecule has 49 heavy (non-hydrogen) atoms. The van der Waals surface area contributed by atoms with Crippen LogP contribution in [-0.4, -0.2) is 57.8 Å². The Morgan fingerprint density at radius 2 is 1.45 bits per heavy atom. The van der Waals surface area contributed by atoms with E-state index in [1.54, 1.807) is 24.3 Å². The predicted molar refractivity (Wildman–Crippen MR) is 190 cm³/mol. The van der Waals surface area contributed by atoms with Gasteiger partial charge in [-0.3, -0.25) is 19.4 Å². The number of primary amides is 1. The van der Waals surface area contributed by atoms with Crippen LogP contribution >= 0.6 is 0 Å². The minimum Gasteiger partial charge on any atom is -0.366 e. The summed E-state index contributed by atoms with van der Waals surface area (Å²) in [5.74, 6) is -0.405. The highest BCUT2D eigenvalue weighted by molar-refractivity contribution is 5.98. The molecular formula is C40H35FN6O2. The number of rotatable bonds is 8. The molecule has 0 aliphatic carbocycles. The second-order valence-corrected chi connectivity index (χ2v) is 12.2. The van der Waals surface area contributed by atoms with Crippen LogP contribution in [0.4, 0.5) is 21.7 Å². The molecule has 0 spiro atoms. The summed E-state index contributed by atoms with van der Waals surface area (Å²) in [5.41, 5.74) is 12.4. The third kappa shape index (κ3) is 6.75. The molecule has 5 aromatic carbocycles. The summed E-state index contributed by atoms with van der Waals surface area (Å²) in [6.45, 7) is 5.28. The Hall–Kier alpha value is -5.93. The highest BCUT2D eigenvalue weighted by Gasteiger charge is 2.25. The zero-order valence-electron chi connectivity index (χ0n) is 27.1. The van der Waals surface area contributed by atoms with E-state index in [4.69, 9.17) is 15.7 Å². The van der Waals surface area contributed by atoms with Crippen molar-refractivity contribution in [3.8, 4) is 11.3 Å². The number of para-hydroxylation sites is 1. The van der Waals surface area contributed by atoms with Gasteiger partial charge in [-0.1, -0.05) is 66.7 Å². The molecule has 0 saturated carbocycles. The number of aromatic nitrogens is 2. The average Bonchev–Trinajstić information content (AvgIpc) is 3.14. The molecule has 9 heteroatoms. The van der Waals surface area contributed by atoms with Crippen LogP contribution in [0.3, 0.4) is 0 Å². The Kier molecular flexibility index (Phi) is 8.83. The van der Waals surface area contributed by atoms with Crippen LogP contribution in [0.25, 0.3) is 22.2 Å². The molecule has 0 bridgehead atoms. The van der Waals surface area contributed by atoms with E-state index in [1.807, 2.05) is 102 Å². The lowest BCUT2D eigenvalue weighted by Crippen LogP contribution is -2.48. The topological polar surface area (TPSA) is 95.7 Å². The maximum atomic E-state index is 14.0. The number of nitrogens with two attached hydrogens (primary N) is 1. The highest BCUT2D eigenvalue weighted by Crippen LogP contribution is 2.38. The number of nitrogens with zero attached hydrogens (tertiary/aromatic N) is 5. The van der Waals surface area contributed by atoms with Crippen LogP contribution in [0.1, 0.15) is 31.8 Å². The quantitative estimate of drug-likeness (QED) is 0.186. The fourth-order valence-electron chi connectivity index (χ4n) is 6.24. The SMILES string of the molecule is Cc1ccc(C(=O)N2CCN(Cc3ccc(F)cc3)CC2)cc1N(c1ccc(C(N)=O)cc1)c1nc(-c2ccccc2)c2ccccc2n1. The number of halogens is 1. The lowest BCUT2D eigenvalue weighted by Gasteiger charge is -2.35.